The Balaban J connectivity index is 4.70. The minimum Gasteiger partial charge on any atom is -0.480 e. The Bertz CT molecular complexity index is 330. The third-order valence-corrected chi connectivity index (χ3v) is 2.79. The molecule has 0 bridgehead atoms. The van der Waals surface area contributed by atoms with Gasteiger partial charge in [-0.15, -0.1) is 0 Å². The first-order valence-corrected chi connectivity index (χ1v) is 6.29. The molecule has 0 spiro atoms. The van der Waals surface area contributed by atoms with Crippen molar-refractivity contribution in [3.05, 3.63) is 0 Å². The molecule has 0 saturated carbocycles. The summed E-state index contributed by atoms with van der Waals surface area (Å²) >= 11 is 0. The van der Waals surface area contributed by atoms with Crippen LogP contribution in [0.3, 0.4) is 0 Å². The number of carboxylic acids is 1. The number of carboxylic acid groups (broad SMARTS) is 1. The maximum atomic E-state index is 12.0. The third-order valence-electron chi connectivity index (χ3n) is 2.79. The molecular weight excluding hydrogens is 252 g/mol. The second-order valence-corrected chi connectivity index (χ2v) is 4.79. The normalized spacial score (nSPS) is 13.7. The maximum Gasteiger partial charge on any atom is 0.326 e. The zero-order valence-corrected chi connectivity index (χ0v) is 11.5. The average molecular weight is 274 g/mol. The number of hydroxylamine groups is 1. The summed E-state index contributed by atoms with van der Waals surface area (Å²) in [4.78, 5) is 34.1. The van der Waals surface area contributed by atoms with E-state index in [0.29, 0.717) is 12.8 Å². The van der Waals surface area contributed by atoms with E-state index in [1.807, 2.05) is 6.92 Å². The van der Waals surface area contributed by atoms with E-state index in [-0.39, 0.29) is 12.3 Å². The fourth-order valence-corrected chi connectivity index (χ4v) is 1.73. The van der Waals surface area contributed by atoms with Crippen LogP contribution >= 0.6 is 0 Å². The SMILES string of the molecule is CCCC(CC(=O)NO)C(=O)NC(C(=O)O)C(C)C. The Morgan fingerprint density at radius 3 is 2.16 bits per heavy atom. The van der Waals surface area contributed by atoms with Crippen LogP contribution in [0.2, 0.25) is 0 Å². The van der Waals surface area contributed by atoms with Crippen molar-refractivity contribution in [3.8, 4) is 0 Å². The highest BCUT2D eigenvalue weighted by Crippen LogP contribution is 2.13. The molecule has 110 valence electrons. The lowest BCUT2D eigenvalue weighted by molar-refractivity contribution is -0.144. The van der Waals surface area contributed by atoms with Gasteiger partial charge in [0.1, 0.15) is 6.04 Å². The quantitative estimate of drug-likeness (QED) is 0.380. The Kier molecular flexibility index (Phi) is 7.74. The molecule has 0 radical (unpaired) electrons. The number of rotatable bonds is 8. The standard InChI is InChI=1S/C12H22N2O5/c1-4-5-8(6-9(15)14-19)11(16)13-10(7(2)3)12(17)18/h7-8,10,19H,4-6H2,1-3H3,(H,13,16)(H,14,15)(H,17,18). The van der Waals surface area contributed by atoms with E-state index >= 15 is 0 Å². The lowest BCUT2D eigenvalue weighted by Gasteiger charge is -2.21. The van der Waals surface area contributed by atoms with Crippen molar-refractivity contribution in [3.63, 3.8) is 0 Å². The number of amides is 2. The van der Waals surface area contributed by atoms with E-state index in [9.17, 15) is 14.4 Å². The van der Waals surface area contributed by atoms with Crippen molar-refractivity contribution in [2.75, 3.05) is 0 Å². The van der Waals surface area contributed by atoms with Gasteiger partial charge in [0.2, 0.25) is 11.8 Å². The molecule has 0 aliphatic rings. The van der Waals surface area contributed by atoms with Gasteiger partial charge in [-0.1, -0.05) is 27.2 Å². The minimum absolute atomic E-state index is 0.166. The molecule has 0 aromatic rings. The molecule has 0 saturated heterocycles. The van der Waals surface area contributed by atoms with Crippen LogP contribution in [0.15, 0.2) is 0 Å². The minimum atomic E-state index is -1.11. The van der Waals surface area contributed by atoms with E-state index in [2.05, 4.69) is 5.32 Å². The molecule has 0 aromatic heterocycles. The van der Waals surface area contributed by atoms with Gasteiger partial charge >= 0.3 is 5.97 Å². The lowest BCUT2D eigenvalue weighted by Crippen LogP contribution is -2.47. The molecule has 0 fully saturated rings. The second kappa shape index (κ2) is 8.47. The first-order valence-electron chi connectivity index (χ1n) is 6.29. The van der Waals surface area contributed by atoms with Gasteiger partial charge in [0, 0.05) is 12.3 Å². The number of aliphatic carboxylic acids is 1. The molecule has 2 atom stereocenters. The van der Waals surface area contributed by atoms with Crippen LogP contribution in [-0.4, -0.2) is 34.1 Å². The third kappa shape index (κ3) is 6.19. The first kappa shape index (κ1) is 17.4. The van der Waals surface area contributed by atoms with Gasteiger partial charge in [-0.25, -0.2) is 10.3 Å². The highest BCUT2D eigenvalue weighted by molar-refractivity contribution is 5.88. The highest BCUT2D eigenvalue weighted by Gasteiger charge is 2.28. The molecule has 0 aromatic carbocycles. The molecule has 19 heavy (non-hydrogen) atoms. The summed E-state index contributed by atoms with van der Waals surface area (Å²) in [7, 11) is 0. The van der Waals surface area contributed by atoms with E-state index in [1.54, 1.807) is 13.8 Å². The van der Waals surface area contributed by atoms with Crippen molar-refractivity contribution in [2.24, 2.45) is 11.8 Å². The fraction of sp³-hybridized carbons (Fsp3) is 0.750. The van der Waals surface area contributed by atoms with Gasteiger partial charge < -0.3 is 10.4 Å². The van der Waals surface area contributed by atoms with Gasteiger partial charge in [0.15, 0.2) is 0 Å². The average Bonchev–Trinajstić information content (AvgIpc) is 2.33. The Labute approximate surface area is 112 Å². The molecule has 0 aliphatic carbocycles. The molecule has 7 heteroatoms. The van der Waals surface area contributed by atoms with E-state index in [0.717, 1.165) is 0 Å². The second-order valence-electron chi connectivity index (χ2n) is 4.79. The summed E-state index contributed by atoms with van der Waals surface area (Å²) in [6.45, 7) is 5.23. The van der Waals surface area contributed by atoms with Crippen LogP contribution in [0.5, 0.6) is 0 Å². The van der Waals surface area contributed by atoms with Crippen LogP contribution in [0.4, 0.5) is 0 Å². The number of carbonyl (C=O) groups is 3. The van der Waals surface area contributed by atoms with E-state index in [1.165, 1.54) is 5.48 Å². The number of nitrogens with one attached hydrogen (secondary N) is 2. The molecule has 2 unspecified atom stereocenters. The van der Waals surface area contributed by atoms with Crippen molar-refractivity contribution in [1.82, 2.24) is 10.8 Å². The molecule has 0 rings (SSSR count). The maximum absolute atomic E-state index is 12.0. The predicted molar refractivity (Wildman–Crippen MR) is 67.3 cm³/mol. The summed E-state index contributed by atoms with van der Waals surface area (Å²) in [5.41, 5.74) is 1.47. The van der Waals surface area contributed by atoms with Crippen LogP contribution in [0.1, 0.15) is 40.0 Å². The lowest BCUT2D eigenvalue weighted by atomic mass is 9.96. The van der Waals surface area contributed by atoms with Crippen molar-refractivity contribution in [2.45, 2.75) is 46.1 Å². The Morgan fingerprint density at radius 2 is 1.79 bits per heavy atom. The first-order chi connectivity index (χ1) is 8.83. The van der Waals surface area contributed by atoms with Crippen LogP contribution < -0.4 is 10.8 Å². The predicted octanol–water partition coefficient (Wildman–Crippen LogP) is 0.524. The van der Waals surface area contributed by atoms with Gasteiger partial charge in [-0.3, -0.25) is 14.8 Å². The monoisotopic (exact) mass is 274 g/mol. The van der Waals surface area contributed by atoms with Gasteiger partial charge in [-0.2, -0.15) is 0 Å². The summed E-state index contributed by atoms with van der Waals surface area (Å²) < 4.78 is 0. The molecule has 0 aliphatic heterocycles. The van der Waals surface area contributed by atoms with Gasteiger partial charge in [0.05, 0.1) is 0 Å². The molecule has 0 heterocycles. The number of hydrogen-bond acceptors (Lipinski definition) is 4. The number of hydrogen-bond donors (Lipinski definition) is 4. The summed E-state index contributed by atoms with van der Waals surface area (Å²) in [5.74, 6) is -3.14. The van der Waals surface area contributed by atoms with Crippen LogP contribution in [0, 0.1) is 11.8 Å². The van der Waals surface area contributed by atoms with E-state index in [4.69, 9.17) is 10.3 Å². The largest absolute Gasteiger partial charge is 0.480 e. The Morgan fingerprint density at radius 1 is 1.21 bits per heavy atom. The van der Waals surface area contributed by atoms with Gasteiger partial charge in [0.25, 0.3) is 0 Å². The summed E-state index contributed by atoms with van der Waals surface area (Å²) in [5, 5.41) is 19.9. The molecule has 2 amide bonds. The Hall–Kier alpha value is -1.63. The molecule has 4 N–H and O–H groups in total. The van der Waals surface area contributed by atoms with Crippen LogP contribution in [-0.2, 0) is 14.4 Å². The zero-order chi connectivity index (χ0) is 15.0. The fourth-order valence-electron chi connectivity index (χ4n) is 1.73. The highest BCUT2D eigenvalue weighted by atomic mass is 16.5. The van der Waals surface area contributed by atoms with Crippen molar-refractivity contribution >= 4 is 17.8 Å². The summed E-state index contributed by atoms with van der Waals surface area (Å²) in [6, 6.07) is -0.982. The summed E-state index contributed by atoms with van der Waals surface area (Å²) in [6.07, 6.45) is 0.959. The van der Waals surface area contributed by atoms with Gasteiger partial charge in [-0.05, 0) is 12.3 Å². The zero-order valence-electron chi connectivity index (χ0n) is 11.5. The van der Waals surface area contributed by atoms with Crippen LogP contribution in [0.25, 0.3) is 0 Å². The number of carbonyl (C=O) groups excluding carboxylic acids is 2. The van der Waals surface area contributed by atoms with E-state index < -0.39 is 29.7 Å². The molecule has 7 nitrogen and oxygen atoms in total. The topological polar surface area (TPSA) is 116 Å². The van der Waals surface area contributed by atoms with Crippen molar-refractivity contribution in [1.29, 1.82) is 0 Å². The smallest absolute Gasteiger partial charge is 0.326 e. The van der Waals surface area contributed by atoms with Crippen molar-refractivity contribution < 1.29 is 24.7 Å². The molecular formula is C12H22N2O5.